The van der Waals surface area contributed by atoms with E-state index in [1.165, 1.54) is 19.3 Å². The molecular formula is C14H27N3O. The molecule has 0 spiro atoms. The van der Waals surface area contributed by atoms with Gasteiger partial charge in [-0.2, -0.15) is 0 Å². The molecule has 0 aromatic carbocycles. The standard InChI is InChI=1S/C14H27N3O/c1-10(2)8-16-14(18)9-17-12-4-3-5-13(17)7-11(15)6-12/h10-13H,3-9,15H2,1-2H3,(H,16,18). The summed E-state index contributed by atoms with van der Waals surface area (Å²) in [6.45, 7) is 5.58. The number of piperidine rings is 2. The Hall–Kier alpha value is -0.610. The summed E-state index contributed by atoms with van der Waals surface area (Å²) in [5.41, 5.74) is 6.09. The van der Waals surface area contributed by atoms with Crippen molar-refractivity contribution in [1.82, 2.24) is 10.2 Å². The van der Waals surface area contributed by atoms with Crippen LogP contribution in [-0.4, -0.2) is 42.0 Å². The Morgan fingerprint density at radius 2 is 1.94 bits per heavy atom. The summed E-state index contributed by atoms with van der Waals surface area (Å²) in [6.07, 6.45) is 5.84. The van der Waals surface area contributed by atoms with Crippen LogP contribution in [0.15, 0.2) is 0 Å². The highest BCUT2D eigenvalue weighted by atomic mass is 16.2. The van der Waals surface area contributed by atoms with Crippen LogP contribution in [0.1, 0.15) is 46.0 Å². The minimum Gasteiger partial charge on any atom is -0.355 e. The molecule has 18 heavy (non-hydrogen) atoms. The molecule has 3 N–H and O–H groups in total. The van der Waals surface area contributed by atoms with Crippen molar-refractivity contribution in [3.63, 3.8) is 0 Å². The first-order chi connectivity index (χ1) is 8.56. The fourth-order valence-electron chi connectivity index (χ4n) is 3.32. The monoisotopic (exact) mass is 253 g/mol. The number of nitrogens with two attached hydrogens (primary N) is 1. The molecule has 0 saturated carbocycles. The van der Waals surface area contributed by atoms with Crippen molar-refractivity contribution in [2.45, 2.75) is 64.1 Å². The second-order valence-corrected chi connectivity index (χ2v) is 6.34. The molecule has 2 unspecified atom stereocenters. The van der Waals surface area contributed by atoms with E-state index in [-0.39, 0.29) is 5.91 Å². The number of amides is 1. The largest absolute Gasteiger partial charge is 0.355 e. The van der Waals surface area contributed by atoms with Gasteiger partial charge in [0.25, 0.3) is 0 Å². The lowest BCUT2D eigenvalue weighted by Crippen LogP contribution is -2.57. The third kappa shape index (κ3) is 3.45. The zero-order valence-corrected chi connectivity index (χ0v) is 11.7. The van der Waals surface area contributed by atoms with Gasteiger partial charge >= 0.3 is 0 Å². The third-order valence-electron chi connectivity index (χ3n) is 4.20. The lowest BCUT2D eigenvalue weighted by molar-refractivity contribution is -0.125. The minimum absolute atomic E-state index is 0.177. The van der Waals surface area contributed by atoms with E-state index in [4.69, 9.17) is 5.73 Å². The molecule has 2 fully saturated rings. The van der Waals surface area contributed by atoms with Gasteiger partial charge in [-0.05, 0) is 31.6 Å². The molecule has 0 radical (unpaired) electrons. The molecule has 0 aromatic heterocycles. The van der Waals surface area contributed by atoms with Gasteiger partial charge in [-0.25, -0.2) is 0 Å². The lowest BCUT2D eigenvalue weighted by atomic mass is 9.82. The second kappa shape index (κ2) is 6.02. The number of nitrogens with zero attached hydrogens (tertiary/aromatic N) is 1. The fraction of sp³-hybridized carbons (Fsp3) is 0.929. The van der Waals surface area contributed by atoms with Crippen LogP contribution >= 0.6 is 0 Å². The predicted octanol–water partition coefficient (Wildman–Crippen LogP) is 1.10. The molecule has 2 aliphatic heterocycles. The number of carbonyl (C=O) groups excluding carboxylic acids is 1. The molecule has 2 saturated heterocycles. The highest BCUT2D eigenvalue weighted by Crippen LogP contribution is 2.32. The summed E-state index contributed by atoms with van der Waals surface area (Å²) in [7, 11) is 0. The van der Waals surface area contributed by atoms with Crippen molar-refractivity contribution >= 4 is 5.91 Å². The fourth-order valence-corrected chi connectivity index (χ4v) is 3.32. The van der Waals surface area contributed by atoms with E-state index in [1.807, 2.05) is 0 Å². The van der Waals surface area contributed by atoms with E-state index in [9.17, 15) is 4.79 Å². The van der Waals surface area contributed by atoms with Crippen LogP contribution in [0.2, 0.25) is 0 Å². The molecule has 2 bridgehead atoms. The maximum absolute atomic E-state index is 11.9. The quantitative estimate of drug-likeness (QED) is 0.789. The van der Waals surface area contributed by atoms with Crippen LogP contribution in [0.4, 0.5) is 0 Å². The van der Waals surface area contributed by atoms with Crippen LogP contribution < -0.4 is 11.1 Å². The van der Waals surface area contributed by atoms with Crippen LogP contribution in [0.3, 0.4) is 0 Å². The van der Waals surface area contributed by atoms with E-state index < -0.39 is 0 Å². The average molecular weight is 253 g/mol. The highest BCUT2D eigenvalue weighted by Gasteiger charge is 2.37. The Kier molecular flexibility index (Phi) is 4.62. The van der Waals surface area contributed by atoms with Gasteiger partial charge < -0.3 is 11.1 Å². The third-order valence-corrected chi connectivity index (χ3v) is 4.20. The molecule has 2 atom stereocenters. The Bertz CT molecular complexity index is 279. The smallest absolute Gasteiger partial charge is 0.234 e. The van der Waals surface area contributed by atoms with Gasteiger partial charge in [-0.1, -0.05) is 20.3 Å². The molecule has 0 aromatic rings. The van der Waals surface area contributed by atoms with Gasteiger partial charge in [0.05, 0.1) is 6.54 Å². The lowest BCUT2D eigenvalue weighted by Gasteiger charge is -2.47. The molecular weight excluding hydrogens is 226 g/mol. The van der Waals surface area contributed by atoms with E-state index in [0.29, 0.717) is 30.6 Å². The first-order valence-corrected chi connectivity index (χ1v) is 7.34. The topological polar surface area (TPSA) is 58.4 Å². The Balaban J connectivity index is 1.86. The molecule has 1 amide bonds. The van der Waals surface area contributed by atoms with Crippen molar-refractivity contribution in [3.8, 4) is 0 Å². The number of fused-ring (bicyclic) bond motifs is 2. The predicted molar refractivity (Wildman–Crippen MR) is 73.2 cm³/mol. The minimum atomic E-state index is 0.177. The van der Waals surface area contributed by atoms with E-state index in [0.717, 1.165) is 19.4 Å². The Morgan fingerprint density at radius 3 is 2.50 bits per heavy atom. The van der Waals surface area contributed by atoms with Crippen LogP contribution in [0, 0.1) is 5.92 Å². The van der Waals surface area contributed by atoms with Gasteiger partial charge in [0.2, 0.25) is 5.91 Å². The molecule has 2 aliphatic rings. The second-order valence-electron chi connectivity index (χ2n) is 6.34. The summed E-state index contributed by atoms with van der Waals surface area (Å²) < 4.78 is 0. The zero-order valence-electron chi connectivity index (χ0n) is 11.7. The molecule has 4 heteroatoms. The highest BCUT2D eigenvalue weighted by molar-refractivity contribution is 5.78. The summed E-state index contributed by atoms with van der Waals surface area (Å²) in [5.74, 6) is 0.694. The maximum Gasteiger partial charge on any atom is 0.234 e. The van der Waals surface area contributed by atoms with Gasteiger partial charge in [-0.3, -0.25) is 9.69 Å². The summed E-state index contributed by atoms with van der Waals surface area (Å²) >= 11 is 0. The van der Waals surface area contributed by atoms with Crippen LogP contribution in [0.25, 0.3) is 0 Å². The van der Waals surface area contributed by atoms with Crippen molar-refractivity contribution in [3.05, 3.63) is 0 Å². The van der Waals surface area contributed by atoms with Crippen LogP contribution in [0.5, 0.6) is 0 Å². The molecule has 104 valence electrons. The van der Waals surface area contributed by atoms with E-state index in [1.54, 1.807) is 0 Å². The number of carbonyl (C=O) groups is 1. The average Bonchev–Trinajstić information content (AvgIpc) is 2.27. The molecule has 2 heterocycles. The maximum atomic E-state index is 11.9. The van der Waals surface area contributed by atoms with Crippen molar-refractivity contribution in [2.24, 2.45) is 11.7 Å². The SMILES string of the molecule is CC(C)CNC(=O)CN1C2CCCC1CC(N)C2. The number of hydrogen-bond donors (Lipinski definition) is 2. The van der Waals surface area contributed by atoms with Crippen molar-refractivity contribution in [1.29, 1.82) is 0 Å². The van der Waals surface area contributed by atoms with E-state index in [2.05, 4.69) is 24.1 Å². The zero-order chi connectivity index (χ0) is 13.1. The summed E-state index contributed by atoms with van der Waals surface area (Å²) in [5, 5.41) is 3.02. The first-order valence-electron chi connectivity index (χ1n) is 7.34. The number of hydrogen-bond acceptors (Lipinski definition) is 3. The van der Waals surface area contributed by atoms with Gasteiger partial charge in [0.1, 0.15) is 0 Å². The molecule has 4 nitrogen and oxygen atoms in total. The van der Waals surface area contributed by atoms with E-state index >= 15 is 0 Å². The normalized spacial score (nSPS) is 32.6. The van der Waals surface area contributed by atoms with Gasteiger partial charge in [-0.15, -0.1) is 0 Å². The van der Waals surface area contributed by atoms with Gasteiger partial charge in [0, 0.05) is 24.7 Å². The van der Waals surface area contributed by atoms with Crippen molar-refractivity contribution in [2.75, 3.05) is 13.1 Å². The molecule has 2 rings (SSSR count). The number of nitrogens with one attached hydrogen (secondary N) is 1. The first kappa shape index (κ1) is 13.8. The van der Waals surface area contributed by atoms with Gasteiger partial charge in [0.15, 0.2) is 0 Å². The Labute approximate surface area is 110 Å². The summed E-state index contributed by atoms with van der Waals surface area (Å²) in [6, 6.07) is 1.42. The Morgan fingerprint density at radius 1 is 1.33 bits per heavy atom. The van der Waals surface area contributed by atoms with Crippen LogP contribution in [-0.2, 0) is 4.79 Å². The summed E-state index contributed by atoms with van der Waals surface area (Å²) in [4.78, 5) is 14.3. The van der Waals surface area contributed by atoms with Crippen molar-refractivity contribution < 1.29 is 4.79 Å². The number of rotatable bonds is 4. The molecule has 0 aliphatic carbocycles.